The monoisotopic (exact) mass is 371 g/mol. The van der Waals surface area contributed by atoms with E-state index in [0.29, 0.717) is 6.42 Å². The number of hydrogen-bond donors (Lipinski definition) is 1. The Kier molecular flexibility index (Phi) is 4.40. The van der Waals surface area contributed by atoms with Crippen LogP contribution in [-0.4, -0.2) is 33.0 Å². The first-order valence-corrected chi connectivity index (χ1v) is 9.61. The van der Waals surface area contributed by atoms with Crippen LogP contribution in [0.15, 0.2) is 24.3 Å². The number of ether oxygens (including phenoxy) is 1. The SMILES string of the molecule is COc1ccc(-n2nc(C)c3sc(C4CCCC(C(=O)O)C4)nc32)cc1. The highest BCUT2D eigenvalue weighted by molar-refractivity contribution is 7.18. The molecule has 0 bridgehead atoms. The molecular weight excluding hydrogens is 350 g/mol. The van der Waals surface area contributed by atoms with Crippen molar-refractivity contribution in [3.8, 4) is 11.4 Å². The van der Waals surface area contributed by atoms with Gasteiger partial charge in [-0.25, -0.2) is 9.67 Å². The van der Waals surface area contributed by atoms with Gasteiger partial charge in [0.05, 0.1) is 34.1 Å². The molecular formula is C19H21N3O3S. The maximum atomic E-state index is 11.4. The molecule has 6 nitrogen and oxygen atoms in total. The average Bonchev–Trinajstić information content (AvgIpc) is 3.23. The second-order valence-corrected chi connectivity index (χ2v) is 7.83. The number of fused-ring (bicyclic) bond motifs is 1. The molecule has 0 amide bonds. The summed E-state index contributed by atoms with van der Waals surface area (Å²) in [6.07, 6.45) is 3.41. The summed E-state index contributed by atoms with van der Waals surface area (Å²) in [5.74, 6) is 0.0945. The van der Waals surface area contributed by atoms with E-state index in [4.69, 9.17) is 9.72 Å². The van der Waals surface area contributed by atoms with Crippen LogP contribution in [0, 0.1) is 12.8 Å². The van der Waals surface area contributed by atoms with Crippen LogP contribution >= 0.6 is 11.3 Å². The molecule has 1 aliphatic carbocycles. The Balaban J connectivity index is 1.70. The second-order valence-electron chi connectivity index (χ2n) is 6.80. The summed E-state index contributed by atoms with van der Waals surface area (Å²) in [5.41, 5.74) is 2.74. The van der Waals surface area contributed by atoms with Gasteiger partial charge < -0.3 is 9.84 Å². The van der Waals surface area contributed by atoms with E-state index >= 15 is 0 Å². The molecule has 3 aromatic rings. The van der Waals surface area contributed by atoms with Gasteiger partial charge in [-0.1, -0.05) is 6.42 Å². The second kappa shape index (κ2) is 6.72. The third-order valence-corrected chi connectivity index (χ3v) is 6.41. The lowest BCUT2D eigenvalue weighted by Gasteiger charge is -2.24. The molecule has 4 rings (SSSR count). The van der Waals surface area contributed by atoms with Gasteiger partial charge in [-0.15, -0.1) is 11.3 Å². The first kappa shape index (κ1) is 17.0. The standard InChI is InChI=1S/C19H21N3O3S/c1-11-16-17(22(21-11)14-6-8-15(25-2)9-7-14)20-18(26-16)12-4-3-5-13(10-12)19(23)24/h6-9,12-13H,3-5,10H2,1-2H3,(H,23,24). The lowest BCUT2D eigenvalue weighted by molar-refractivity contribution is -0.142. The third-order valence-electron chi connectivity index (χ3n) is 5.09. The summed E-state index contributed by atoms with van der Waals surface area (Å²) in [4.78, 5) is 16.2. The number of aryl methyl sites for hydroxylation is 1. The van der Waals surface area contributed by atoms with Gasteiger partial charge in [-0.3, -0.25) is 4.79 Å². The Morgan fingerprint density at radius 1 is 1.31 bits per heavy atom. The summed E-state index contributed by atoms with van der Waals surface area (Å²) in [6.45, 7) is 1.99. The fourth-order valence-electron chi connectivity index (χ4n) is 3.67. The first-order chi connectivity index (χ1) is 12.6. The van der Waals surface area contributed by atoms with E-state index in [9.17, 15) is 9.90 Å². The molecule has 2 aromatic heterocycles. The molecule has 2 heterocycles. The largest absolute Gasteiger partial charge is 0.497 e. The molecule has 1 saturated carbocycles. The molecule has 1 aromatic carbocycles. The Morgan fingerprint density at radius 2 is 2.08 bits per heavy atom. The molecule has 1 aliphatic rings. The fraction of sp³-hybridized carbons (Fsp3) is 0.421. The van der Waals surface area contributed by atoms with E-state index in [2.05, 4.69) is 5.10 Å². The minimum Gasteiger partial charge on any atom is -0.497 e. The van der Waals surface area contributed by atoms with Crippen LogP contribution in [0.1, 0.15) is 42.3 Å². The van der Waals surface area contributed by atoms with Crippen molar-refractivity contribution in [2.45, 2.75) is 38.5 Å². The number of benzene rings is 1. The van der Waals surface area contributed by atoms with Gasteiger partial charge in [0.25, 0.3) is 0 Å². The van der Waals surface area contributed by atoms with Crippen molar-refractivity contribution in [2.24, 2.45) is 5.92 Å². The van der Waals surface area contributed by atoms with Crippen LogP contribution in [0.3, 0.4) is 0 Å². The zero-order chi connectivity index (χ0) is 18.3. The number of thiazole rings is 1. The highest BCUT2D eigenvalue weighted by atomic mass is 32.1. The summed E-state index contributed by atoms with van der Waals surface area (Å²) < 4.78 is 8.16. The maximum absolute atomic E-state index is 11.4. The van der Waals surface area contributed by atoms with Crippen molar-refractivity contribution < 1.29 is 14.6 Å². The molecule has 136 valence electrons. The van der Waals surface area contributed by atoms with E-state index in [0.717, 1.165) is 51.7 Å². The van der Waals surface area contributed by atoms with Crippen LogP contribution in [0.2, 0.25) is 0 Å². The number of carboxylic acids is 1. The summed E-state index contributed by atoms with van der Waals surface area (Å²) in [6, 6.07) is 7.74. The summed E-state index contributed by atoms with van der Waals surface area (Å²) in [7, 11) is 1.65. The molecule has 0 saturated heterocycles. The predicted molar refractivity (Wildman–Crippen MR) is 100 cm³/mol. The highest BCUT2D eigenvalue weighted by Crippen LogP contribution is 2.40. The molecule has 2 atom stereocenters. The summed E-state index contributed by atoms with van der Waals surface area (Å²) >= 11 is 1.66. The van der Waals surface area contributed by atoms with Crippen LogP contribution in [-0.2, 0) is 4.79 Å². The fourth-order valence-corrected chi connectivity index (χ4v) is 4.80. The quantitative estimate of drug-likeness (QED) is 0.745. The molecule has 2 unspecified atom stereocenters. The zero-order valence-corrected chi connectivity index (χ0v) is 15.6. The number of methoxy groups -OCH3 is 1. The van der Waals surface area contributed by atoms with Crippen LogP contribution in [0.4, 0.5) is 0 Å². The van der Waals surface area contributed by atoms with Gasteiger partial charge in [-0.2, -0.15) is 5.10 Å². The Labute approximate surface area is 155 Å². The van der Waals surface area contributed by atoms with Crippen LogP contribution in [0.5, 0.6) is 5.75 Å². The molecule has 7 heteroatoms. The third kappa shape index (κ3) is 2.96. The molecule has 0 aliphatic heterocycles. The normalized spacial score (nSPS) is 20.4. The van der Waals surface area contributed by atoms with E-state index < -0.39 is 5.97 Å². The number of aromatic nitrogens is 3. The number of aliphatic carboxylic acids is 1. The Morgan fingerprint density at radius 3 is 2.77 bits per heavy atom. The van der Waals surface area contributed by atoms with Crippen molar-refractivity contribution in [1.82, 2.24) is 14.8 Å². The molecule has 0 spiro atoms. The van der Waals surface area contributed by atoms with Crippen molar-refractivity contribution in [3.05, 3.63) is 35.0 Å². The van der Waals surface area contributed by atoms with Crippen molar-refractivity contribution in [3.63, 3.8) is 0 Å². The molecule has 26 heavy (non-hydrogen) atoms. The number of rotatable bonds is 4. The minimum atomic E-state index is -0.684. The Hall–Kier alpha value is -2.41. The lowest BCUT2D eigenvalue weighted by Crippen LogP contribution is -2.21. The average molecular weight is 371 g/mol. The van der Waals surface area contributed by atoms with Gasteiger partial charge in [0.1, 0.15) is 5.75 Å². The smallest absolute Gasteiger partial charge is 0.306 e. The van der Waals surface area contributed by atoms with Crippen molar-refractivity contribution >= 4 is 27.7 Å². The Bertz CT molecular complexity index is 945. The van der Waals surface area contributed by atoms with Crippen molar-refractivity contribution in [2.75, 3.05) is 7.11 Å². The van der Waals surface area contributed by atoms with E-state index in [1.165, 1.54) is 0 Å². The van der Waals surface area contributed by atoms with Crippen molar-refractivity contribution in [1.29, 1.82) is 0 Å². The van der Waals surface area contributed by atoms with Crippen LogP contribution in [0.25, 0.3) is 16.0 Å². The topological polar surface area (TPSA) is 77.2 Å². The van der Waals surface area contributed by atoms with Gasteiger partial charge in [0.15, 0.2) is 5.65 Å². The van der Waals surface area contributed by atoms with Gasteiger partial charge >= 0.3 is 5.97 Å². The van der Waals surface area contributed by atoms with Crippen LogP contribution < -0.4 is 4.74 Å². The molecule has 1 fully saturated rings. The van der Waals surface area contributed by atoms with E-state index in [1.54, 1.807) is 18.4 Å². The number of hydrogen-bond acceptors (Lipinski definition) is 5. The van der Waals surface area contributed by atoms with Gasteiger partial charge in [0.2, 0.25) is 0 Å². The maximum Gasteiger partial charge on any atom is 0.306 e. The van der Waals surface area contributed by atoms with E-state index in [-0.39, 0.29) is 11.8 Å². The van der Waals surface area contributed by atoms with Gasteiger partial charge in [-0.05, 0) is 50.5 Å². The number of carboxylic acid groups (broad SMARTS) is 1. The molecule has 1 N–H and O–H groups in total. The minimum absolute atomic E-state index is 0.228. The molecule has 0 radical (unpaired) electrons. The van der Waals surface area contributed by atoms with Gasteiger partial charge in [0, 0.05) is 5.92 Å². The highest BCUT2D eigenvalue weighted by Gasteiger charge is 2.30. The number of carbonyl (C=O) groups is 1. The number of nitrogens with zero attached hydrogens (tertiary/aromatic N) is 3. The van der Waals surface area contributed by atoms with E-state index in [1.807, 2.05) is 35.9 Å². The summed E-state index contributed by atoms with van der Waals surface area (Å²) in [5, 5.41) is 15.0. The zero-order valence-electron chi connectivity index (χ0n) is 14.8. The predicted octanol–water partition coefficient (Wildman–Crippen LogP) is 4.16. The lowest BCUT2D eigenvalue weighted by atomic mass is 9.82. The first-order valence-electron chi connectivity index (χ1n) is 8.80.